The quantitative estimate of drug-likeness (QED) is 0.672. The molecule has 2 aromatic rings. The number of halogens is 1. The molecule has 23 heavy (non-hydrogen) atoms. The van der Waals surface area contributed by atoms with Gasteiger partial charge in [-0.25, -0.2) is 4.39 Å². The van der Waals surface area contributed by atoms with Crippen molar-refractivity contribution in [2.75, 3.05) is 5.32 Å². The number of amides is 1. The summed E-state index contributed by atoms with van der Waals surface area (Å²) in [5.41, 5.74) is 1.90. The molecule has 0 aliphatic carbocycles. The normalized spacial score (nSPS) is 10.1. The van der Waals surface area contributed by atoms with Crippen molar-refractivity contribution in [2.24, 2.45) is 0 Å². The molecule has 0 aliphatic rings. The largest absolute Gasteiger partial charge is 0.332 e. The summed E-state index contributed by atoms with van der Waals surface area (Å²) in [5.74, 6) is -0.736. The third-order valence-electron chi connectivity index (χ3n) is 2.81. The molecule has 2 aromatic carbocycles. The van der Waals surface area contributed by atoms with Crippen LogP contribution in [-0.4, -0.2) is 11.0 Å². The van der Waals surface area contributed by atoms with E-state index in [4.69, 9.17) is 17.5 Å². The van der Waals surface area contributed by atoms with E-state index in [9.17, 15) is 9.18 Å². The Balaban J connectivity index is 1.87. The van der Waals surface area contributed by atoms with Gasteiger partial charge in [0.1, 0.15) is 5.82 Å². The van der Waals surface area contributed by atoms with Crippen molar-refractivity contribution in [3.8, 4) is 6.07 Å². The fourth-order valence-corrected chi connectivity index (χ4v) is 1.91. The Labute approximate surface area is 138 Å². The Hall–Kier alpha value is -3.04. The van der Waals surface area contributed by atoms with Gasteiger partial charge in [-0.3, -0.25) is 10.1 Å². The van der Waals surface area contributed by atoms with Crippen molar-refractivity contribution >= 4 is 35.0 Å². The summed E-state index contributed by atoms with van der Waals surface area (Å²) in [5, 5.41) is 14.2. The monoisotopic (exact) mass is 325 g/mol. The number of benzene rings is 2. The van der Waals surface area contributed by atoms with Gasteiger partial charge < -0.3 is 5.32 Å². The van der Waals surface area contributed by atoms with Crippen LogP contribution in [0.1, 0.15) is 11.1 Å². The van der Waals surface area contributed by atoms with Gasteiger partial charge in [-0.1, -0.05) is 12.1 Å². The molecule has 0 bridgehead atoms. The summed E-state index contributed by atoms with van der Waals surface area (Å²) >= 11 is 5.03. The first-order chi connectivity index (χ1) is 11.1. The molecule has 2 N–H and O–H groups in total. The van der Waals surface area contributed by atoms with E-state index in [2.05, 4.69) is 10.6 Å². The molecule has 114 valence electrons. The third kappa shape index (κ3) is 5.34. The summed E-state index contributed by atoms with van der Waals surface area (Å²) in [7, 11) is 0. The van der Waals surface area contributed by atoms with Crippen LogP contribution in [-0.2, 0) is 4.79 Å². The molecule has 1 amide bonds. The first-order valence-corrected chi connectivity index (χ1v) is 7.03. The molecule has 0 radical (unpaired) electrons. The van der Waals surface area contributed by atoms with Crippen LogP contribution in [0.2, 0.25) is 0 Å². The van der Waals surface area contributed by atoms with Crippen molar-refractivity contribution in [1.82, 2.24) is 5.32 Å². The van der Waals surface area contributed by atoms with Crippen molar-refractivity contribution in [3.63, 3.8) is 0 Å². The van der Waals surface area contributed by atoms with Crippen LogP contribution >= 0.6 is 12.2 Å². The molecule has 4 nitrogen and oxygen atoms in total. The number of carbonyl (C=O) groups excluding carboxylic acids is 1. The van der Waals surface area contributed by atoms with Gasteiger partial charge in [0.05, 0.1) is 11.6 Å². The minimum absolute atomic E-state index is 0.142. The van der Waals surface area contributed by atoms with Crippen molar-refractivity contribution in [1.29, 1.82) is 5.26 Å². The van der Waals surface area contributed by atoms with Crippen LogP contribution in [0.15, 0.2) is 54.6 Å². The fourth-order valence-electron chi connectivity index (χ4n) is 1.69. The second-order valence-corrected chi connectivity index (χ2v) is 4.93. The SMILES string of the molecule is N#Cc1ccc(NC(=S)NC(=O)/C=C/c2ccc(F)cc2)cc1. The molecule has 0 heterocycles. The number of nitrogens with zero attached hydrogens (tertiary/aromatic N) is 1. The first kappa shape index (κ1) is 16.3. The molecule has 6 heteroatoms. The Morgan fingerprint density at radius 1 is 1.13 bits per heavy atom. The number of nitriles is 1. The topological polar surface area (TPSA) is 64.9 Å². The number of hydrogen-bond donors (Lipinski definition) is 2. The van der Waals surface area contributed by atoms with Crippen LogP contribution in [0.25, 0.3) is 6.08 Å². The lowest BCUT2D eigenvalue weighted by Gasteiger charge is -2.07. The highest BCUT2D eigenvalue weighted by atomic mass is 32.1. The predicted molar refractivity (Wildman–Crippen MR) is 91.0 cm³/mol. The lowest BCUT2D eigenvalue weighted by molar-refractivity contribution is -0.115. The van der Waals surface area contributed by atoms with Gasteiger partial charge in [-0.15, -0.1) is 0 Å². The molecular formula is C17H12FN3OS. The average Bonchev–Trinajstić information content (AvgIpc) is 2.55. The number of carbonyl (C=O) groups is 1. The number of thiocarbonyl (C=S) groups is 1. The summed E-state index contributed by atoms with van der Waals surface area (Å²) in [6.07, 6.45) is 2.86. The van der Waals surface area contributed by atoms with Crippen LogP contribution in [0.5, 0.6) is 0 Å². The van der Waals surface area contributed by atoms with Gasteiger partial charge in [0.15, 0.2) is 5.11 Å². The molecule has 2 rings (SSSR count). The van der Waals surface area contributed by atoms with Crippen molar-refractivity contribution < 1.29 is 9.18 Å². The summed E-state index contributed by atoms with van der Waals surface area (Å²) < 4.78 is 12.8. The Morgan fingerprint density at radius 3 is 2.39 bits per heavy atom. The maximum Gasteiger partial charge on any atom is 0.250 e. The minimum atomic E-state index is -0.402. The number of hydrogen-bond acceptors (Lipinski definition) is 3. The molecular weight excluding hydrogens is 313 g/mol. The van der Waals surface area contributed by atoms with E-state index in [1.54, 1.807) is 42.5 Å². The van der Waals surface area contributed by atoms with Gasteiger partial charge in [0.2, 0.25) is 5.91 Å². The van der Waals surface area contributed by atoms with Crippen LogP contribution in [0, 0.1) is 17.1 Å². The molecule has 0 aromatic heterocycles. The van der Waals surface area contributed by atoms with E-state index in [-0.39, 0.29) is 10.9 Å². The highest BCUT2D eigenvalue weighted by Gasteiger charge is 2.02. The van der Waals surface area contributed by atoms with Gasteiger partial charge in [-0.2, -0.15) is 5.26 Å². The summed E-state index contributed by atoms with van der Waals surface area (Å²) in [4.78, 5) is 11.7. The second kappa shape index (κ2) is 7.82. The van der Waals surface area contributed by atoms with E-state index in [0.29, 0.717) is 16.8 Å². The van der Waals surface area contributed by atoms with E-state index < -0.39 is 5.91 Å². The van der Waals surface area contributed by atoms with Crippen molar-refractivity contribution in [2.45, 2.75) is 0 Å². The zero-order valence-corrected chi connectivity index (χ0v) is 12.7. The molecule has 0 saturated heterocycles. The smallest absolute Gasteiger partial charge is 0.250 e. The maximum atomic E-state index is 12.8. The Kier molecular flexibility index (Phi) is 5.56. The van der Waals surface area contributed by atoms with Crippen LogP contribution in [0.3, 0.4) is 0 Å². The molecule has 0 spiro atoms. The van der Waals surface area contributed by atoms with Crippen molar-refractivity contribution in [3.05, 3.63) is 71.6 Å². The Morgan fingerprint density at radius 2 is 1.78 bits per heavy atom. The molecule has 0 fully saturated rings. The lowest BCUT2D eigenvalue weighted by Crippen LogP contribution is -2.32. The van der Waals surface area contributed by atoms with E-state index in [0.717, 1.165) is 0 Å². The van der Waals surface area contributed by atoms with E-state index in [1.165, 1.54) is 18.2 Å². The zero-order chi connectivity index (χ0) is 16.7. The van der Waals surface area contributed by atoms with Gasteiger partial charge in [0, 0.05) is 11.8 Å². The zero-order valence-electron chi connectivity index (χ0n) is 11.9. The van der Waals surface area contributed by atoms with Crippen LogP contribution in [0.4, 0.5) is 10.1 Å². The molecule has 0 unspecified atom stereocenters. The van der Waals surface area contributed by atoms with E-state index in [1.807, 2.05) is 6.07 Å². The first-order valence-electron chi connectivity index (χ1n) is 6.62. The number of nitrogens with one attached hydrogen (secondary N) is 2. The molecule has 0 atom stereocenters. The fraction of sp³-hybridized carbons (Fsp3) is 0. The highest BCUT2D eigenvalue weighted by molar-refractivity contribution is 7.80. The molecule has 0 aliphatic heterocycles. The van der Waals surface area contributed by atoms with Gasteiger partial charge in [-0.05, 0) is 60.3 Å². The number of anilines is 1. The average molecular weight is 325 g/mol. The number of rotatable bonds is 3. The Bertz CT molecular complexity index is 777. The lowest BCUT2D eigenvalue weighted by atomic mass is 10.2. The van der Waals surface area contributed by atoms with Gasteiger partial charge >= 0.3 is 0 Å². The molecule has 0 saturated carbocycles. The minimum Gasteiger partial charge on any atom is -0.332 e. The predicted octanol–water partition coefficient (Wildman–Crippen LogP) is 3.22. The standard InChI is InChI=1S/C17H12FN3OS/c18-14-6-1-12(2-7-14)5-10-16(22)21-17(23)20-15-8-3-13(11-19)4-9-15/h1-10H,(H2,20,21,22,23)/b10-5+. The second-order valence-electron chi connectivity index (χ2n) is 4.52. The maximum absolute atomic E-state index is 12.8. The highest BCUT2D eigenvalue weighted by Crippen LogP contribution is 2.08. The van der Waals surface area contributed by atoms with Gasteiger partial charge in [0.25, 0.3) is 0 Å². The van der Waals surface area contributed by atoms with Crippen LogP contribution < -0.4 is 10.6 Å². The summed E-state index contributed by atoms with van der Waals surface area (Å²) in [6, 6.07) is 14.4. The summed E-state index contributed by atoms with van der Waals surface area (Å²) in [6.45, 7) is 0. The van der Waals surface area contributed by atoms with E-state index >= 15 is 0 Å². The third-order valence-corrected chi connectivity index (χ3v) is 3.01.